The van der Waals surface area contributed by atoms with Gasteiger partial charge in [-0.05, 0) is 12.1 Å². The maximum Gasteiger partial charge on any atom is 0.354 e. The summed E-state index contributed by atoms with van der Waals surface area (Å²) in [4.78, 5) is 24.1. The van der Waals surface area contributed by atoms with Crippen LogP contribution in [0.1, 0.15) is 6.23 Å². The number of para-hydroxylation sites is 1. The fourth-order valence-corrected chi connectivity index (χ4v) is 2.02. The quantitative estimate of drug-likeness (QED) is 0.819. The van der Waals surface area contributed by atoms with Gasteiger partial charge in [0, 0.05) is 0 Å². The first-order valence-electron chi connectivity index (χ1n) is 5.96. The minimum Gasteiger partial charge on any atom is -0.374 e. The van der Waals surface area contributed by atoms with Crippen molar-refractivity contribution in [3.05, 3.63) is 51.3 Å². The summed E-state index contributed by atoms with van der Waals surface area (Å²) in [7, 11) is 0. The predicted octanol–water partition coefficient (Wildman–Crippen LogP) is -0.127. The van der Waals surface area contributed by atoms with Crippen LogP contribution >= 0.6 is 0 Å². The van der Waals surface area contributed by atoms with E-state index in [9.17, 15) is 9.59 Å². The molecule has 0 saturated carbocycles. The molecular weight excluding hydrogens is 250 g/mol. The van der Waals surface area contributed by atoms with Crippen molar-refractivity contribution in [3.8, 4) is 5.69 Å². The number of hydrogen-bond acceptors (Lipinski definition) is 4. The van der Waals surface area contributed by atoms with E-state index in [1.165, 1.54) is 0 Å². The molecule has 1 saturated heterocycles. The summed E-state index contributed by atoms with van der Waals surface area (Å²) in [5.41, 5.74) is -0.443. The summed E-state index contributed by atoms with van der Waals surface area (Å²) in [6.07, 6.45) is -0.584. The largest absolute Gasteiger partial charge is 0.374 e. The van der Waals surface area contributed by atoms with E-state index in [4.69, 9.17) is 9.47 Å². The Bertz CT molecular complexity index is 664. The van der Waals surface area contributed by atoms with Crippen molar-refractivity contribution in [1.29, 1.82) is 0 Å². The van der Waals surface area contributed by atoms with Gasteiger partial charge in [-0.15, -0.1) is 0 Å². The van der Waals surface area contributed by atoms with Crippen LogP contribution in [0.5, 0.6) is 0 Å². The van der Waals surface area contributed by atoms with Gasteiger partial charge in [-0.2, -0.15) is 0 Å². The maximum atomic E-state index is 12.2. The fraction of sp³-hybridized carbons (Fsp3) is 0.333. The molecule has 1 aromatic heterocycles. The average Bonchev–Trinajstić information content (AvgIpc) is 2.76. The monoisotopic (exact) mass is 263 g/mol. The Hall–Kier alpha value is -2.12. The Morgan fingerprint density at radius 2 is 1.95 bits per heavy atom. The van der Waals surface area contributed by atoms with Crippen molar-refractivity contribution < 1.29 is 9.47 Å². The normalized spacial score (nSPS) is 19.5. The van der Waals surface area contributed by atoms with Crippen LogP contribution in [-0.2, 0) is 9.47 Å². The summed E-state index contributed by atoms with van der Waals surface area (Å²) < 4.78 is 12.9. The Labute approximate surface area is 108 Å². The molecule has 7 nitrogen and oxygen atoms in total. The van der Waals surface area contributed by atoms with E-state index in [-0.39, 0.29) is 6.61 Å². The summed E-state index contributed by atoms with van der Waals surface area (Å²) in [6, 6.07) is 8.73. The summed E-state index contributed by atoms with van der Waals surface area (Å²) in [5.74, 6) is 0. The van der Waals surface area contributed by atoms with E-state index in [0.29, 0.717) is 18.9 Å². The lowest BCUT2D eigenvalue weighted by Gasteiger charge is -2.22. The molecule has 0 amide bonds. The van der Waals surface area contributed by atoms with Crippen LogP contribution in [0.25, 0.3) is 5.69 Å². The zero-order valence-electron chi connectivity index (χ0n) is 10.1. The zero-order chi connectivity index (χ0) is 13.2. The first-order valence-corrected chi connectivity index (χ1v) is 5.96. The summed E-state index contributed by atoms with van der Waals surface area (Å²) in [6.45, 7) is 1.14. The molecule has 1 aromatic carbocycles. The molecule has 1 aliphatic rings. The highest BCUT2D eigenvalue weighted by atomic mass is 16.6. The molecule has 100 valence electrons. The SMILES string of the molecule is O=c1[nH]n(C2COCCO2)c(=O)n1-c1ccccc1. The van der Waals surface area contributed by atoms with Gasteiger partial charge in [0.2, 0.25) is 0 Å². The van der Waals surface area contributed by atoms with E-state index in [1.54, 1.807) is 24.3 Å². The van der Waals surface area contributed by atoms with Gasteiger partial charge in [-0.3, -0.25) is 0 Å². The van der Waals surface area contributed by atoms with Crippen LogP contribution in [-0.4, -0.2) is 34.2 Å². The lowest BCUT2D eigenvalue weighted by molar-refractivity contribution is -0.128. The summed E-state index contributed by atoms with van der Waals surface area (Å²) in [5, 5.41) is 2.49. The molecular formula is C12H13N3O4. The van der Waals surface area contributed by atoms with Gasteiger partial charge in [0.05, 0.1) is 25.5 Å². The van der Waals surface area contributed by atoms with Gasteiger partial charge >= 0.3 is 11.4 Å². The van der Waals surface area contributed by atoms with Crippen molar-refractivity contribution in [3.63, 3.8) is 0 Å². The van der Waals surface area contributed by atoms with E-state index in [1.807, 2.05) is 6.07 Å². The molecule has 0 bridgehead atoms. The average molecular weight is 263 g/mol. The van der Waals surface area contributed by atoms with Crippen molar-refractivity contribution in [1.82, 2.24) is 14.3 Å². The van der Waals surface area contributed by atoms with Crippen LogP contribution in [0.4, 0.5) is 0 Å². The van der Waals surface area contributed by atoms with Gasteiger partial charge in [-0.1, -0.05) is 18.2 Å². The number of nitrogens with zero attached hydrogens (tertiary/aromatic N) is 2. The molecule has 1 atom stereocenters. The Balaban J connectivity index is 2.06. The van der Waals surface area contributed by atoms with Crippen molar-refractivity contribution >= 4 is 0 Å². The van der Waals surface area contributed by atoms with Crippen LogP contribution in [0.3, 0.4) is 0 Å². The zero-order valence-corrected chi connectivity index (χ0v) is 10.1. The number of H-pyrrole nitrogens is 1. The topological polar surface area (TPSA) is 78.2 Å². The second-order valence-electron chi connectivity index (χ2n) is 4.14. The van der Waals surface area contributed by atoms with Gasteiger partial charge in [0.15, 0.2) is 6.23 Å². The Kier molecular flexibility index (Phi) is 3.06. The van der Waals surface area contributed by atoms with E-state index in [2.05, 4.69) is 5.10 Å². The number of aromatic nitrogens is 3. The number of rotatable bonds is 2. The van der Waals surface area contributed by atoms with E-state index < -0.39 is 17.6 Å². The highest BCUT2D eigenvalue weighted by Crippen LogP contribution is 2.09. The number of nitrogens with one attached hydrogen (secondary N) is 1. The molecule has 3 rings (SSSR count). The number of aromatic amines is 1. The first-order chi connectivity index (χ1) is 9.27. The molecule has 0 spiro atoms. The number of benzene rings is 1. The second-order valence-corrected chi connectivity index (χ2v) is 4.14. The third-order valence-electron chi connectivity index (χ3n) is 2.92. The van der Waals surface area contributed by atoms with Crippen LogP contribution < -0.4 is 11.4 Å². The number of hydrogen-bond donors (Lipinski definition) is 1. The van der Waals surface area contributed by atoms with Crippen molar-refractivity contribution in [2.75, 3.05) is 19.8 Å². The van der Waals surface area contributed by atoms with Crippen LogP contribution in [0.15, 0.2) is 39.9 Å². The molecule has 1 fully saturated rings. The number of ether oxygens (including phenoxy) is 2. The first kappa shape index (κ1) is 11.9. The van der Waals surface area contributed by atoms with Crippen LogP contribution in [0, 0.1) is 0 Å². The molecule has 1 N–H and O–H groups in total. The highest BCUT2D eigenvalue weighted by molar-refractivity contribution is 5.30. The molecule has 0 radical (unpaired) electrons. The van der Waals surface area contributed by atoms with Gasteiger partial charge in [0.25, 0.3) is 0 Å². The molecule has 2 heterocycles. The van der Waals surface area contributed by atoms with Gasteiger partial charge in [-0.25, -0.2) is 23.9 Å². The standard InChI is InChI=1S/C12H13N3O4/c16-11-13-15(10-8-18-6-7-19-10)12(17)14(11)9-4-2-1-3-5-9/h1-5,10H,6-8H2,(H,13,16). The minimum absolute atomic E-state index is 0.245. The summed E-state index contributed by atoms with van der Waals surface area (Å²) >= 11 is 0. The van der Waals surface area contributed by atoms with E-state index in [0.717, 1.165) is 9.25 Å². The lowest BCUT2D eigenvalue weighted by Crippen LogP contribution is -2.35. The van der Waals surface area contributed by atoms with Gasteiger partial charge in [0.1, 0.15) is 0 Å². The Morgan fingerprint density at radius 1 is 1.16 bits per heavy atom. The Morgan fingerprint density at radius 3 is 2.63 bits per heavy atom. The molecule has 1 unspecified atom stereocenters. The highest BCUT2D eigenvalue weighted by Gasteiger charge is 2.21. The molecule has 19 heavy (non-hydrogen) atoms. The molecule has 2 aromatic rings. The minimum atomic E-state index is -0.584. The van der Waals surface area contributed by atoms with Crippen molar-refractivity contribution in [2.24, 2.45) is 0 Å². The van der Waals surface area contributed by atoms with Gasteiger partial charge < -0.3 is 9.47 Å². The maximum absolute atomic E-state index is 12.2. The van der Waals surface area contributed by atoms with Crippen LogP contribution in [0.2, 0.25) is 0 Å². The molecule has 0 aliphatic carbocycles. The van der Waals surface area contributed by atoms with E-state index >= 15 is 0 Å². The second kappa shape index (κ2) is 4.87. The third-order valence-corrected chi connectivity index (χ3v) is 2.92. The lowest BCUT2D eigenvalue weighted by atomic mass is 10.3. The predicted molar refractivity (Wildman–Crippen MR) is 66.5 cm³/mol. The van der Waals surface area contributed by atoms with Crippen molar-refractivity contribution in [2.45, 2.75) is 6.23 Å². The fourth-order valence-electron chi connectivity index (χ4n) is 2.02. The third kappa shape index (κ3) is 2.13. The molecule has 1 aliphatic heterocycles. The smallest absolute Gasteiger partial charge is 0.354 e. The molecule has 7 heteroatoms.